The first-order valence-electron chi connectivity index (χ1n) is 10.4. The van der Waals surface area contributed by atoms with E-state index in [0.29, 0.717) is 0 Å². The van der Waals surface area contributed by atoms with Crippen LogP contribution in [-0.2, 0) is 8.85 Å². The van der Waals surface area contributed by atoms with Crippen molar-refractivity contribution in [3.05, 3.63) is 0 Å². The zero-order chi connectivity index (χ0) is 17.0. The van der Waals surface area contributed by atoms with Crippen LogP contribution in [0.5, 0.6) is 0 Å². The molecule has 3 heteroatoms. The maximum Gasteiger partial charge on any atom is 0.320 e. The fourth-order valence-electron chi connectivity index (χ4n) is 3.19. The highest BCUT2D eigenvalue weighted by atomic mass is 28.3. The Morgan fingerprint density at radius 3 is 1.09 bits per heavy atom. The maximum atomic E-state index is 5.34. The van der Waals surface area contributed by atoms with Gasteiger partial charge in [-0.1, -0.05) is 110 Å². The second-order valence-electron chi connectivity index (χ2n) is 6.99. The standard InChI is InChI=1S/C20H44O2Si/c1-4-5-6-7-8-9-10-11-12-13-14-15-16-17-18-19-20-23(21-2)22-3/h23H,4-20H2,1-3H3. The van der Waals surface area contributed by atoms with Crippen LogP contribution in [0.2, 0.25) is 6.04 Å². The van der Waals surface area contributed by atoms with Crippen molar-refractivity contribution in [1.82, 2.24) is 0 Å². The molecule has 0 radical (unpaired) electrons. The van der Waals surface area contributed by atoms with Gasteiger partial charge in [0.05, 0.1) is 0 Å². The molecule has 2 nitrogen and oxygen atoms in total. The molecule has 0 atom stereocenters. The summed E-state index contributed by atoms with van der Waals surface area (Å²) >= 11 is 0. The first-order chi connectivity index (χ1) is 11.3. The molecule has 0 aliphatic heterocycles. The molecule has 0 fully saturated rings. The van der Waals surface area contributed by atoms with Crippen molar-refractivity contribution in [2.45, 2.75) is 116 Å². The molecule has 0 unspecified atom stereocenters. The lowest BCUT2D eigenvalue weighted by molar-refractivity contribution is 0.276. The molecule has 0 heterocycles. The molecule has 0 aromatic carbocycles. The first kappa shape index (κ1) is 23.1. The van der Waals surface area contributed by atoms with Crippen LogP contribution in [0, 0.1) is 0 Å². The Morgan fingerprint density at radius 2 is 0.783 bits per heavy atom. The van der Waals surface area contributed by atoms with Gasteiger partial charge in [-0.05, 0) is 6.04 Å². The fourth-order valence-corrected chi connectivity index (χ4v) is 4.48. The molecule has 23 heavy (non-hydrogen) atoms. The Kier molecular flexibility index (Phi) is 20.3. The lowest BCUT2D eigenvalue weighted by Gasteiger charge is -2.10. The minimum Gasteiger partial charge on any atom is -0.400 e. The normalized spacial score (nSPS) is 11.5. The van der Waals surface area contributed by atoms with Crippen molar-refractivity contribution in [1.29, 1.82) is 0 Å². The number of rotatable bonds is 19. The summed E-state index contributed by atoms with van der Waals surface area (Å²) in [6.45, 7) is 2.29. The molecule has 0 N–H and O–H groups in total. The summed E-state index contributed by atoms with van der Waals surface area (Å²) < 4.78 is 10.7. The Labute approximate surface area is 148 Å². The predicted octanol–water partition coefficient (Wildman–Crippen LogP) is 6.76. The molecule has 0 saturated carbocycles. The van der Waals surface area contributed by atoms with E-state index >= 15 is 0 Å². The summed E-state index contributed by atoms with van der Waals surface area (Å²) in [6.07, 6.45) is 22.8. The number of hydrogen-bond donors (Lipinski definition) is 0. The van der Waals surface area contributed by atoms with E-state index in [4.69, 9.17) is 8.85 Å². The highest BCUT2D eigenvalue weighted by Crippen LogP contribution is 2.14. The van der Waals surface area contributed by atoms with Crippen LogP contribution in [0.3, 0.4) is 0 Å². The zero-order valence-electron chi connectivity index (χ0n) is 16.4. The van der Waals surface area contributed by atoms with Crippen LogP contribution in [0.15, 0.2) is 0 Å². The third-order valence-electron chi connectivity index (χ3n) is 4.82. The number of hydrogen-bond acceptors (Lipinski definition) is 2. The third kappa shape index (κ3) is 18.3. The Balaban J connectivity index is 3.02. The van der Waals surface area contributed by atoms with Crippen LogP contribution in [0.25, 0.3) is 0 Å². The molecule has 140 valence electrons. The van der Waals surface area contributed by atoms with Gasteiger partial charge >= 0.3 is 9.28 Å². The minimum absolute atomic E-state index is 1.17. The molecule has 0 rings (SSSR count). The van der Waals surface area contributed by atoms with Gasteiger partial charge in [0, 0.05) is 14.2 Å². The average Bonchev–Trinajstić information content (AvgIpc) is 2.58. The van der Waals surface area contributed by atoms with E-state index in [0.717, 1.165) is 0 Å². The van der Waals surface area contributed by atoms with E-state index in [-0.39, 0.29) is 0 Å². The lowest BCUT2D eigenvalue weighted by Crippen LogP contribution is -2.18. The highest BCUT2D eigenvalue weighted by Gasteiger charge is 2.07. The van der Waals surface area contributed by atoms with Gasteiger partial charge in [0.15, 0.2) is 0 Å². The summed E-state index contributed by atoms with van der Waals surface area (Å²) in [4.78, 5) is 0. The monoisotopic (exact) mass is 344 g/mol. The quantitative estimate of drug-likeness (QED) is 0.190. The molecule has 0 aliphatic carbocycles. The van der Waals surface area contributed by atoms with Crippen LogP contribution in [-0.4, -0.2) is 23.5 Å². The largest absolute Gasteiger partial charge is 0.400 e. The van der Waals surface area contributed by atoms with Gasteiger partial charge < -0.3 is 8.85 Å². The molecule has 0 aromatic heterocycles. The summed E-state index contributed by atoms with van der Waals surface area (Å²) in [5.74, 6) is 0. The second-order valence-corrected chi connectivity index (χ2v) is 9.37. The molecular weight excluding hydrogens is 300 g/mol. The van der Waals surface area contributed by atoms with Crippen LogP contribution < -0.4 is 0 Å². The Hall–Kier alpha value is 0.137. The molecule has 0 bridgehead atoms. The second kappa shape index (κ2) is 20.2. The van der Waals surface area contributed by atoms with Crippen LogP contribution >= 0.6 is 0 Å². The van der Waals surface area contributed by atoms with Gasteiger partial charge in [0.1, 0.15) is 0 Å². The first-order valence-corrected chi connectivity index (χ1v) is 12.2. The molecule has 0 aromatic rings. The summed E-state index contributed by atoms with van der Waals surface area (Å²) in [5, 5.41) is 0. The lowest BCUT2D eigenvalue weighted by atomic mass is 10.0. The van der Waals surface area contributed by atoms with E-state index in [9.17, 15) is 0 Å². The summed E-state index contributed by atoms with van der Waals surface area (Å²) in [7, 11) is 2.28. The summed E-state index contributed by atoms with van der Waals surface area (Å²) in [6, 6.07) is 1.17. The van der Waals surface area contributed by atoms with E-state index < -0.39 is 9.28 Å². The van der Waals surface area contributed by atoms with Gasteiger partial charge in [-0.25, -0.2) is 0 Å². The highest BCUT2D eigenvalue weighted by molar-refractivity contribution is 6.44. The maximum absolute atomic E-state index is 5.34. The van der Waals surface area contributed by atoms with Crippen molar-refractivity contribution in [3.63, 3.8) is 0 Å². The van der Waals surface area contributed by atoms with Crippen molar-refractivity contribution < 1.29 is 8.85 Å². The van der Waals surface area contributed by atoms with Crippen molar-refractivity contribution in [2.75, 3.05) is 14.2 Å². The van der Waals surface area contributed by atoms with E-state index in [1.165, 1.54) is 109 Å². The van der Waals surface area contributed by atoms with Gasteiger partial charge in [-0.3, -0.25) is 0 Å². The van der Waals surface area contributed by atoms with Crippen molar-refractivity contribution >= 4 is 9.28 Å². The third-order valence-corrected chi connectivity index (χ3v) is 6.75. The molecule has 0 spiro atoms. The van der Waals surface area contributed by atoms with Gasteiger partial charge in [-0.15, -0.1) is 0 Å². The number of unbranched alkanes of at least 4 members (excludes halogenated alkanes) is 15. The van der Waals surface area contributed by atoms with Crippen LogP contribution in [0.4, 0.5) is 0 Å². The average molecular weight is 345 g/mol. The van der Waals surface area contributed by atoms with E-state index in [1.54, 1.807) is 14.2 Å². The molecule has 0 aliphatic rings. The topological polar surface area (TPSA) is 18.5 Å². The van der Waals surface area contributed by atoms with Gasteiger partial charge in [0.25, 0.3) is 0 Å². The van der Waals surface area contributed by atoms with Crippen molar-refractivity contribution in [3.8, 4) is 0 Å². The SMILES string of the molecule is CCCCCCCCCCCCCCCCCC[SiH](OC)OC. The molecular formula is C20H44O2Si. The fraction of sp³-hybridized carbons (Fsp3) is 1.00. The van der Waals surface area contributed by atoms with Gasteiger partial charge in [-0.2, -0.15) is 0 Å². The smallest absolute Gasteiger partial charge is 0.320 e. The van der Waals surface area contributed by atoms with Gasteiger partial charge in [0.2, 0.25) is 0 Å². The molecule has 0 saturated heterocycles. The predicted molar refractivity (Wildman–Crippen MR) is 106 cm³/mol. The zero-order valence-corrected chi connectivity index (χ0v) is 17.6. The minimum atomic E-state index is -1.29. The Bertz CT molecular complexity index is 208. The van der Waals surface area contributed by atoms with E-state index in [1.807, 2.05) is 0 Å². The van der Waals surface area contributed by atoms with Crippen molar-refractivity contribution in [2.24, 2.45) is 0 Å². The molecule has 0 amide bonds. The van der Waals surface area contributed by atoms with E-state index in [2.05, 4.69) is 6.92 Å². The van der Waals surface area contributed by atoms with Crippen LogP contribution in [0.1, 0.15) is 110 Å². The summed E-state index contributed by atoms with van der Waals surface area (Å²) in [5.41, 5.74) is 0. The Morgan fingerprint density at radius 1 is 0.478 bits per heavy atom.